The Balaban J connectivity index is 1.59. The molecule has 0 saturated carbocycles. The van der Waals surface area contributed by atoms with Crippen molar-refractivity contribution < 1.29 is 14.6 Å². The Kier molecular flexibility index (Phi) is 6.90. The van der Waals surface area contributed by atoms with E-state index in [2.05, 4.69) is 23.1 Å². The number of hydrogen-bond donors (Lipinski definition) is 1. The second kappa shape index (κ2) is 9.99. The lowest BCUT2D eigenvalue weighted by atomic mass is 9.91. The van der Waals surface area contributed by atoms with Crippen LogP contribution in [0.2, 0.25) is 5.02 Å². The molecule has 1 atom stereocenters. The van der Waals surface area contributed by atoms with Crippen molar-refractivity contribution in [1.29, 1.82) is 0 Å². The fourth-order valence-corrected chi connectivity index (χ4v) is 4.41. The Hall–Kier alpha value is -2.82. The summed E-state index contributed by atoms with van der Waals surface area (Å²) in [7, 11) is 0. The number of hydrogen-bond acceptors (Lipinski definition) is 3. The molecule has 3 aromatic rings. The van der Waals surface area contributed by atoms with Gasteiger partial charge >= 0.3 is 5.97 Å². The van der Waals surface area contributed by atoms with Gasteiger partial charge in [0.15, 0.2) is 0 Å². The summed E-state index contributed by atoms with van der Waals surface area (Å²) in [6.07, 6.45) is 1.30. The number of halogens is 1. The third-order valence-corrected chi connectivity index (χ3v) is 6.07. The van der Waals surface area contributed by atoms with Gasteiger partial charge in [-0.1, -0.05) is 66.2 Å². The zero-order chi connectivity index (χ0) is 21.6. The predicted octanol–water partition coefficient (Wildman–Crippen LogP) is 5.81. The Bertz CT molecular complexity index is 1020. The van der Waals surface area contributed by atoms with E-state index in [9.17, 15) is 9.90 Å². The van der Waals surface area contributed by atoms with Crippen LogP contribution in [0, 0.1) is 5.92 Å². The molecular formula is C26H26ClNO3. The number of aliphatic carboxylic acids is 1. The van der Waals surface area contributed by atoms with E-state index in [-0.39, 0.29) is 12.0 Å². The molecule has 0 spiro atoms. The molecule has 1 fully saturated rings. The minimum Gasteiger partial charge on any atom is -0.489 e. The van der Waals surface area contributed by atoms with Crippen molar-refractivity contribution in [3.63, 3.8) is 0 Å². The van der Waals surface area contributed by atoms with E-state index >= 15 is 0 Å². The van der Waals surface area contributed by atoms with E-state index < -0.39 is 5.97 Å². The van der Waals surface area contributed by atoms with Crippen molar-refractivity contribution in [2.24, 2.45) is 5.92 Å². The Morgan fingerprint density at radius 1 is 0.968 bits per heavy atom. The summed E-state index contributed by atoms with van der Waals surface area (Å²) in [4.78, 5) is 13.7. The lowest BCUT2D eigenvalue weighted by Crippen LogP contribution is -2.39. The highest BCUT2D eigenvalue weighted by molar-refractivity contribution is 6.30. The Morgan fingerprint density at radius 3 is 2.32 bits per heavy atom. The fraction of sp³-hybridized carbons (Fsp3) is 0.269. The van der Waals surface area contributed by atoms with Gasteiger partial charge in [0.25, 0.3) is 0 Å². The molecule has 0 aromatic heterocycles. The van der Waals surface area contributed by atoms with Crippen LogP contribution in [-0.4, -0.2) is 29.1 Å². The van der Waals surface area contributed by atoms with E-state index in [1.165, 1.54) is 0 Å². The van der Waals surface area contributed by atoms with Crippen molar-refractivity contribution in [2.45, 2.75) is 25.5 Å². The highest BCUT2D eigenvalue weighted by atomic mass is 35.5. The summed E-state index contributed by atoms with van der Waals surface area (Å²) in [5.74, 6) is -0.152. The molecule has 4 nitrogen and oxygen atoms in total. The second-order valence-corrected chi connectivity index (χ2v) is 8.39. The van der Waals surface area contributed by atoms with Crippen molar-refractivity contribution in [3.05, 3.63) is 101 Å². The third kappa shape index (κ3) is 5.46. The van der Waals surface area contributed by atoms with Gasteiger partial charge in [-0.05, 0) is 66.9 Å². The van der Waals surface area contributed by atoms with Crippen LogP contribution in [0.4, 0.5) is 0 Å². The van der Waals surface area contributed by atoms with Gasteiger partial charge in [0.2, 0.25) is 0 Å². The zero-order valence-corrected chi connectivity index (χ0v) is 18.0. The average Bonchev–Trinajstić information content (AvgIpc) is 2.79. The molecule has 1 aliphatic rings. The van der Waals surface area contributed by atoms with Gasteiger partial charge in [-0.3, -0.25) is 9.69 Å². The number of carboxylic acids is 1. The molecular weight excluding hydrogens is 410 g/mol. The maximum absolute atomic E-state index is 11.4. The van der Waals surface area contributed by atoms with Gasteiger partial charge in [-0.2, -0.15) is 0 Å². The van der Waals surface area contributed by atoms with E-state index in [4.69, 9.17) is 16.3 Å². The van der Waals surface area contributed by atoms with Crippen LogP contribution in [0.15, 0.2) is 78.9 Å². The highest BCUT2D eigenvalue weighted by Gasteiger charge is 2.30. The molecule has 4 rings (SSSR count). The predicted molar refractivity (Wildman–Crippen MR) is 122 cm³/mol. The minimum absolute atomic E-state index is 0.00581. The molecule has 1 heterocycles. The number of ether oxygens (including phenoxy) is 1. The maximum Gasteiger partial charge on any atom is 0.306 e. The summed E-state index contributed by atoms with van der Waals surface area (Å²) in [5.41, 5.74) is 3.33. The monoisotopic (exact) mass is 435 g/mol. The molecule has 31 heavy (non-hydrogen) atoms. The van der Waals surface area contributed by atoms with E-state index in [0.717, 1.165) is 35.5 Å². The third-order valence-electron chi connectivity index (χ3n) is 5.83. The molecule has 0 aliphatic carbocycles. The molecule has 0 amide bonds. The van der Waals surface area contributed by atoms with E-state index in [1.807, 2.05) is 60.7 Å². The number of rotatable bonds is 7. The zero-order valence-electron chi connectivity index (χ0n) is 17.3. The standard InChI is InChI=1S/C26H26ClNO3/c27-23-10-4-8-21(16-23)25(28-14-12-20(13-15-28)26(29)30)22-9-5-11-24(17-22)31-18-19-6-2-1-3-7-19/h1-11,16-17,20,25H,12-15,18H2,(H,29,30). The first kappa shape index (κ1) is 21.4. The van der Waals surface area contributed by atoms with Crippen LogP contribution in [0.1, 0.15) is 35.6 Å². The quantitative estimate of drug-likeness (QED) is 0.509. The van der Waals surface area contributed by atoms with Crippen molar-refractivity contribution in [1.82, 2.24) is 4.90 Å². The lowest BCUT2D eigenvalue weighted by Gasteiger charge is -2.37. The second-order valence-electron chi connectivity index (χ2n) is 7.95. The minimum atomic E-state index is -0.699. The van der Waals surface area contributed by atoms with Crippen LogP contribution in [0.3, 0.4) is 0 Å². The molecule has 5 heteroatoms. The van der Waals surface area contributed by atoms with Gasteiger partial charge in [0.1, 0.15) is 12.4 Å². The first-order chi connectivity index (χ1) is 15.1. The van der Waals surface area contributed by atoms with Crippen LogP contribution < -0.4 is 4.74 Å². The first-order valence-electron chi connectivity index (χ1n) is 10.6. The summed E-state index contributed by atoms with van der Waals surface area (Å²) >= 11 is 6.31. The number of benzene rings is 3. The van der Waals surface area contributed by atoms with Crippen molar-refractivity contribution >= 4 is 17.6 Å². The molecule has 1 saturated heterocycles. The number of carbonyl (C=O) groups is 1. The van der Waals surface area contributed by atoms with E-state index in [1.54, 1.807) is 0 Å². The van der Waals surface area contributed by atoms with Crippen molar-refractivity contribution in [2.75, 3.05) is 13.1 Å². The van der Waals surface area contributed by atoms with Crippen LogP contribution in [-0.2, 0) is 11.4 Å². The Morgan fingerprint density at radius 2 is 1.65 bits per heavy atom. The number of piperidine rings is 1. The number of carboxylic acid groups (broad SMARTS) is 1. The first-order valence-corrected chi connectivity index (χ1v) is 11.0. The van der Waals surface area contributed by atoms with Gasteiger partial charge in [0, 0.05) is 5.02 Å². The number of nitrogens with zero attached hydrogens (tertiary/aromatic N) is 1. The normalized spacial score (nSPS) is 16.0. The van der Waals surface area contributed by atoms with Crippen molar-refractivity contribution in [3.8, 4) is 5.75 Å². The molecule has 1 aliphatic heterocycles. The summed E-state index contributed by atoms with van der Waals surface area (Å²) < 4.78 is 6.06. The topological polar surface area (TPSA) is 49.8 Å². The summed E-state index contributed by atoms with van der Waals surface area (Å²) in [6.45, 7) is 1.96. The van der Waals surface area contributed by atoms with Crippen LogP contribution in [0.5, 0.6) is 5.75 Å². The van der Waals surface area contributed by atoms with Gasteiger partial charge in [-0.15, -0.1) is 0 Å². The molecule has 0 bridgehead atoms. The molecule has 3 aromatic carbocycles. The largest absolute Gasteiger partial charge is 0.489 e. The Labute approximate surface area is 188 Å². The maximum atomic E-state index is 11.4. The lowest BCUT2D eigenvalue weighted by molar-refractivity contribution is -0.143. The highest BCUT2D eigenvalue weighted by Crippen LogP contribution is 2.35. The average molecular weight is 436 g/mol. The van der Waals surface area contributed by atoms with Gasteiger partial charge in [0.05, 0.1) is 12.0 Å². The van der Waals surface area contributed by atoms with Gasteiger partial charge in [-0.25, -0.2) is 0 Å². The van der Waals surface area contributed by atoms with Crippen LogP contribution >= 0.6 is 11.6 Å². The smallest absolute Gasteiger partial charge is 0.306 e. The SMILES string of the molecule is O=C(O)C1CCN(C(c2cccc(Cl)c2)c2cccc(OCc3ccccc3)c2)CC1. The summed E-state index contributed by atoms with van der Waals surface area (Å²) in [6, 6.07) is 26.2. The number of likely N-dealkylation sites (tertiary alicyclic amines) is 1. The molecule has 0 radical (unpaired) electrons. The molecule has 1 N–H and O–H groups in total. The fourth-order valence-electron chi connectivity index (χ4n) is 4.21. The molecule has 160 valence electrons. The molecule has 1 unspecified atom stereocenters. The van der Waals surface area contributed by atoms with Crippen LogP contribution in [0.25, 0.3) is 0 Å². The summed E-state index contributed by atoms with van der Waals surface area (Å²) in [5, 5.41) is 10.1. The van der Waals surface area contributed by atoms with Gasteiger partial charge < -0.3 is 9.84 Å². The van der Waals surface area contributed by atoms with E-state index in [0.29, 0.717) is 24.5 Å².